The quantitative estimate of drug-likeness (QED) is 0.850. The molecule has 2 N–H and O–H groups in total. The lowest BCUT2D eigenvalue weighted by molar-refractivity contribution is 0.105. The Kier molecular flexibility index (Phi) is 4.64. The van der Waals surface area contributed by atoms with E-state index in [4.69, 9.17) is 0 Å². The van der Waals surface area contributed by atoms with Crippen LogP contribution in [-0.4, -0.2) is 27.5 Å². The second kappa shape index (κ2) is 6.48. The molecule has 0 spiro atoms. The highest BCUT2D eigenvalue weighted by atomic mass is 79.9. The van der Waals surface area contributed by atoms with Crippen molar-refractivity contribution in [2.24, 2.45) is 11.8 Å². The van der Waals surface area contributed by atoms with Crippen LogP contribution in [0.1, 0.15) is 38.5 Å². The van der Waals surface area contributed by atoms with E-state index in [2.05, 4.69) is 26.3 Å². The zero-order valence-electron chi connectivity index (χ0n) is 12.1. The molecule has 0 aromatic carbocycles. The van der Waals surface area contributed by atoms with Crippen molar-refractivity contribution < 1.29 is 5.11 Å². The summed E-state index contributed by atoms with van der Waals surface area (Å²) in [6.07, 6.45) is 7.94. The SMILES string of the molecule is O=c1c(Br)c(NCC2CCCC(O)C2)cnn1CC1CC1. The van der Waals surface area contributed by atoms with Crippen molar-refractivity contribution >= 4 is 21.6 Å². The first-order valence-electron chi connectivity index (χ1n) is 7.81. The molecule has 2 aliphatic rings. The summed E-state index contributed by atoms with van der Waals surface area (Å²) in [6.45, 7) is 1.51. The van der Waals surface area contributed by atoms with E-state index in [9.17, 15) is 9.90 Å². The zero-order chi connectivity index (χ0) is 14.8. The predicted octanol–water partition coefficient (Wildman–Crippen LogP) is 2.38. The summed E-state index contributed by atoms with van der Waals surface area (Å²) in [4.78, 5) is 12.2. The van der Waals surface area contributed by atoms with Gasteiger partial charge >= 0.3 is 0 Å². The fourth-order valence-electron chi connectivity index (χ4n) is 2.97. The molecule has 2 atom stereocenters. The number of anilines is 1. The third kappa shape index (κ3) is 3.86. The van der Waals surface area contributed by atoms with E-state index < -0.39 is 0 Å². The highest BCUT2D eigenvalue weighted by molar-refractivity contribution is 9.10. The third-order valence-corrected chi connectivity index (χ3v) is 5.22. The van der Waals surface area contributed by atoms with Crippen molar-refractivity contribution in [3.8, 4) is 0 Å². The first-order chi connectivity index (χ1) is 10.1. The Morgan fingerprint density at radius 2 is 2.14 bits per heavy atom. The van der Waals surface area contributed by atoms with Gasteiger partial charge in [-0.15, -0.1) is 0 Å². The molecule has 3 rings (SSSR count). The van der Waals surface area contributed by atoms with E-state index >= 15 is 0 Å². The molecule has 2 fully saturated rings. The number of hydrogen-bond acceptors (Lipinski definition) is 4. The van der Waals surface area contributed by atoms with Gasteiger partial charge < -0.3 is 10.4 Å². The van der Waals surface area contributed by atoms with Crippen LogP contribution >= 0.6 is 15.9 Å². The van der Waals surface area contributed by atoms with Gasteiger partial charge in [-0.3, -0.25) is 4.79 Å². The molecule has 21 heavy (non-hydrogen) atoms. The van der Waals surface area contributed by atoms with E-state index in [1.54, 1.807) is 10.9 Å². The molecule has 5 nitrogen and oxygen atoms in total. The average Bonchev–Trinajstić information content (AvgIpc) is 3.27. The summed E-state index contributed by atoms with van der Waals surface area (Å²) in [5.74, 6) is 1.10. The van der Waals surface area contributed by atoms with Gasteiger partial charge in [0, 0.05) is 13.1 Å². The molecule has 0 bridgehead atoms. The molecule has 1 aromatic rings. The van der Waals surface area contributed by atoms with Crippen LogP contribution in [0.25, 0.3) is 0 Å². The molecule has 1 heterocycles. The number of aliphatic hydroxyl groups is 1. The van der Waals surface area contributed by atoms with Crippen molar-refractivity contribution in [3.63, 3.8) is 0 Å². The number of rotatable bonds is 5. The van der Waals surface area contributed by atoms with E-state index in [-0.39, 0.29) is 11.7 Å². The fourth-order valence-corrected chi connectivity index (χ4v) is 3.41. The Hall–Kier alpha value is -0.880. The van der Waals surface area contributed by atoms with Crippen molar-refractivity contribution in [2.45, 2.75) is 51.2 Å². The van der Waals surface area contributed by atoms with Crippen LogP contribution in [0, 0.1) is 11.8 Å². The van der Waals surface area contributed by atoms with Crippen LogP contribution in [0.15, 0.2) is 15.5 Å². The van der Waals surface area contributed by atoms with Crippen LogP contribution in [0.4, 0.5) is 5.69 Å². The van der Waals surface area contributed by atoms with E-state index in [1.165, 1.54) is 12.8 Å². The number of halogens is 1. The zero-order valence-corrected chi connectivity index (χ0v) is 13.7. The normalized spacial score (nSPS) is 25.8. The van der Waals surface area contributed by atoms with Crippen molar-refractivity contribution in [1.29, 1.82) is 0 Å². The number of nitrogens with one attached hydrogen (secondary N) is 1. The number of aliphatic hydroxyl groups excluding tert-OH is 1. The minimum absolute atomic E-state index is 0.0596. The van der Waals surface area contributed by atoms with Gasteiger partial charge in [-0.25, -0.2) is 4.68 Å². The van der Waals surface area contributed by atoms with Gasteiger partial charge in [-0.1, -0.05) is 6.42 Å². The van der Waals surface area contributed by atoms with E-state index in [0.29, 0.717) is 16.3 Å². The first kappa shape index (κ1) is 15.0. The second-order valence-electron chi connectivity index (χ2n) is 6.37. The predicted molar refractivity (Wildman–Crippen MR) is 85.4 cm³/mol. The van der Waals surface area contributed by atoms with Crippen LogP contribution in [0.3, 0.4) is 0 Å². The summed E-state index contributed by atoms with van der Waals surface area (Å²) in [6, 6.07) is 0. The Bertz CT molecular complexity index is 556. The monoisotopic (exact) mass is 355 g/mol. The molecular weight excluding hydrogens is 334 g/mol. The van der Waals surface area contributed by atoms with Crippen LogP contribution in [0.5, 0.6) is 0 Å². The van der Waals surface area contributed by atoms with Gasteiger partial charge in [0.25, 0.3) is 5.56 Å². The maximum Gasteiger partial charge on any atom is 0.283 e. The number of nitrogens with zero attached hydrogens (tertiary/aromatic N) is 2. The Balaban J connectivity index is 1.62. The van der Waals surface area contributed by atoms with Crippen molar-refractivity contribution in [1.82, 2.24) is 9.78 Å². The maximum absolute atomic E-state index is 12.2. The average molecular weight is 356 g/mol. The number of hydrogen-bond donors (Lipinski definition) is 2. The van der Waals surface area contributed by atoms with Gasteiger partial charge in [0.1, 0.15) is 4.47 Å². The van der Waals surface area contributed by atoms with Crippen LogP contribution in [-0.2, 0) is 6.54 Å². The lowest BCUT2D eigenvalue weighted by atomic mass is 9.87. The highest BCUT2D eigenvalue weighted by Crippen LogP contribution is 2.30. The minimum atomic E-state index is -0.168. The van der Waals surface area contributed by atoms with Gasteiger partial charge in [-0.05, 0) is 59.9 Å². The van der Waals surface area contributed by atoms with Crippen LogP contribution < -0.4 is 10.9 Å². The largest absolute Gasteiger partial charge is 0.393 e. The van der Waals surface area contributed by atoms with Crippen molar-refractivity contribution in [2.75, 3.05) is 11.9 Å². The summed E-state index contributed by atoms with van der Waals surface area (Å²) in [5.41, 5.74) is 0.697. The van der Waals surface area contributed by atoms with Gasteiger partial charge in [-0.2, -0.15) is 5.10 Å². The van der Waals surface area contributed by atoms with Crippen LogP contribution in [0.2, 0.25) is 0 Å². The molecule has 0 saturated heterocycles. The lowest BCUT2D eigenvalue weighted by Crippen LogP contribution is -2.28. The second-order valence-corrected chi connectivity index (χ2v) is 7.16. The molecule has 0 amide bonds. The Morgan fingerprint density at radius 3 is 2.86 bits per heavy atom. The summed E-state index contributed by atoms with van der Waals surface area (Å²) >= 11 is 3.39. The molecule has 0 aliphatic heterocycles. The molecule has 1 aromatic heterocycles. The minimum Gasteiger partial charge on any atom is -0.393 e. The molecule has 0 radical (unpaired) electrons. The molecule has 2 saturated carbocycles. The van der Waals surface area contributed by atoms with Gasteiger partial charge in [0.05, 0.1) is 18.0 Å². The fraction of sp³-hybridized carbons (Fsp3) is 0.733. The van der Waals surface area contributed by atoms with Gasteiger partial charge in [0.2, 0.25) is 0 Å². The molecule has 2 aliphatic carbocycles. The Labute approximate surface area is 132 Å². The molecular formula is C15H22BrN3O2. The lowest BCUT2D eigenvalue weighted by Gasteiger charge is -2.26. The maximum atomic E-state index is 12.2. The first-order valence-corrected chi connectivity index (χ1v) is 8.60. The number of aromatic nitrogens is 2. The summed E-state index contributed by atoms with van der Waals surface area (Å²) in [7, 11) is 0. The summed E-state index contributed by atoms with van der Waals surface area (Å²) in [5, 5.41) is 17.3. The van der Waals surface area contributed by atoms with Crippen molar-refractivity contribution in [3.05, 3.63) is 21.0 Å². The third-order valence-electron chi connectivity index (χ3n) is 4.45. The molecule has 116 valence electrons. The van der Waals surface area contributed by atoms with E-state index in [1.807, 2.05) is 0 Å². The smallest absolute Gasteiger partial charge is 0.283 e. The molecule has 6 heteroatoms. The topological polar surface area (TPSA) is 67.2 Å². The molecule has 2 unspecified atom stereocenters. The standard InChI is InChI=1S/C15H22BrN3O2/c16-14-13(17-7-11-2-1-3-12(20)6-11)8-18-19(15(14)21)9-10-4-5-10/h8,10-12,17,20H,1-7,9H2. The Morgan fingerprint density at radius 1 is 1.33 bits per heavy atom. The summed E-state index contributed by atoms with van der Waals surface area (Å²) < 4.78 is 2.12. The van der Waals surface area contributed by atoms with Gasteiger partial charge in [0.15, 0.2) is 0 Å². The van der Waals surface area contributed by atoms with E-state index in [0.717, 1.165) is 44.5 Å². The highest BCUT2D eigenvalue weighted by Gasteiger charge is 2.24.